The Labute approximate surface area is 117 Å². The van der Waals surface area contributed by atoms with Gasteiger partial charge < -0.3 is 10.6 Å². The Morgan fingerprint density at radius 1 is 1.39 bits per heavy atom. The van der Waals surface area contributed by atoms with E-state index in [4.69, 9.17) is 0 Å². The minimum Gasteiger partial charge on any atom is -0.338 e. The number of rotatable bonds is 5. The predicted octanol–water partition coefficient (Wildman–Crippen LogP) is 3.77. The molecule has 0 saturated carbocycles. The van der Waals surface area contributed by atoms with E-state index in [1.807, 2.05) is 30.3 Å². The lowest BCUT2D eigenvalue weighted by Crippen LogP contribution is -2.33. The second kappa shape index (κ2) is 7.93. The quantitative estimate of drug-likeness (QED) is 0.854. The molecule has 4 heteroatoms. The smallest absolute Gasteiger partial charge is 0.318 e. The van der Waals surface area contributed by atoms with Crippen molar-refractivity contribution in [3.8, 4) is 0 Å². The van der Waals surface area contributed by atoms with E-state index in [0.717, 1.165) is 16.5 Å². The van der Waals surface area contributed by atoms with Crippen LogP contribution in [0.25, 0.3) is 6.08 Å². The summed E-state index contributed by atoms with van der Waals surface area (Å²) in [4.78, 5) is 11.4. The fraction of sp³-hybridized carbons (Fsp3) is 0.357. The van der Waals surface area contributed by atoms with E-state index < -0.39 is 0 Å². The summed E-state index contributed by atoms with van der Waals surface area (Å²) >= 11 is 3.44. The Kier molecular flexibility index (Phi) is 6.50. The van der Waals surface area contributed by atoms with E-state index in [-0.39, 0.29) is 6.03 Å². The first kappa shape index (κ1) is 14.8. The van der Waals surface area contributed by atoms with E-state index >= 15 is 0 Å². The Hall–Kier alpha value is -1.29. The average Bonchev–Trinajstić information content (AvgIpc) is 2.31. The number of urea groups is 1. The highest BCUT2D eigenvalue weighted by atomic mass is 79.9. The Bertz CT molecular complexity index is 416. The minimum absolute atomic E-state index is 0.168. The fourth-order valence-electron chi connectivity index (χ4n) is 1.34. The van der Waals surface area contributed by atoms with Crippen LogP contribution in [0.1, 0.15) is 25.8 Å². The van der Waals surface area contributed by atoms with Crippen LogP contribution in [-0.2, 0) is 0 Å². The van der Waals surface area contributed by atoms with Gasteiger partial charge in [0.25, 0.3) is 0 Å². The highest BCUT2D eigenvalue weighted by molar-refractivity contribution is 9.10. The molecule has 0 atom stereocenters. The second-order valence-corrected chi connectivity index (χ2v) is 5.29. The Balaban J connectivity index is 2.32. The molecule has 0 saturated heterocycles. The summed E-state index contributed by atoms with van der Waals surface area (Å²) in [5, 5.41) is 5.48. The number of amides is 2. The summed E-state index contributed by atoms with van der Waals surface area (Å²) in [6, 6.07) is 7.67. The van der Waals surface area contributed by atoms with E-state index in [1.165, 1.54) is 0 Å². The molecule has 1 aromatic rings. The van der Waals surface area contributed by atoms with Crippen LogP contribution in [0.5, 0.6) is 0 Å². The molecule has 3 nitrogen and oxygen atoms in total. The van der Waals surface area contributed by atoms with Crippen LogP contribution in [0.4, 0.5) is 4.79 Å². The largest absolute Gasteiger partial charge is 0.338 e. The number of benzene rings is 1. The van der Waals surface area contributed by atoms with Gasteiger partial charge in [0.2, 0.25) is 0 Å². The van der Waals surface area contributed by atoms with Crippen LogP contribution in [0, 0.1) is 5.92 Å². The van der Waals surface area contributed by atoms with Gasteiger partial charge in [-0.05, 0) is 30.0 Å². The highest BCUT2D eigenvalue weighted by Crippen LogP contribution is 2.16. The maximum Gasteiger partial charge on any atom is 0.318 e. The molecule has 2 N–H and O–H groups in total. The molecule has 1 aromatic carbocycles. The fourth-order valence-corrected chi connectivity index (χ4v) is 1.76. The molecule has 0 unspecified atom stereocenters. The number of carbonyl (C=O) groups is 1. The zero-order chi connectivity index (χ0) is 13.4. The lowest BCUT2D eigenvalue weighted by atomic mass is 10.1. The van der Waals surface area contributed by atoms with Crippen molar-refractivity contribution in [2.24, 2.45) is 5.92 Å². The first-order valence-corrected chi connectivity index (χ1v) is 6.84. The van der Waals surface area contributed by atoms with Gasteiger partial charge in [0.05, 0.1) is 0 Å². The van der Waals surface area contributed by atoms with Gasteiger partial charge in [0.15, 0.2) is 0 Å². The van der Waals surface area contributed by atoms with Crippen molar-refractivity contribution in [1.82, 2.24) is 10.6 Å². The Morgan fingerprint density at radius 2 is 2.11 bits per heavy atom. The van der Waals surface area contributed by atoms with Gasteiger partial charge in [-0.2, -0.15) is 0 Å². The van der Waals surface area contributed by atoms with Crippen LogP contribution >= 0.6 is 15.9 Å². The standard InChI is InChI=1S/C14H19BrN2O/c1-11(2)7-9-16-14(18)17-10-8-12-5-3-4-6-13(12)15/h3-6,8,10-11H,7,9H2,1-2H3,(H2,16,17,18)/b10-8+. The summed E-state index contributed by atoms with van der Waals surface area (Å²) in [5.74, 6) is 0.598. The first-order chi connectivity index (χ1) is 8.59. The minimum atomic E-state index is -0.168. The Morgan fingerprint density at radius 3 is 2.78 bits per heavy atom. The number of hydrogen-bond donors (Lipinski definition) is 2. The average molecular weight is 311 g/mol. The van der Waals surface area contributed by atoms with Crippen molar-refractivity contribution < 1.29 is 4.79 Å². The summed E-state index contributed by atoms with van der Waals surface area (Å²) in [6.07, 6.45) is 4.48. The maximum atomic E-state index is 11.4. The van der Waals surface area contributed by atoms with Gasteiger partial charge in [-0.15, -0.1) is 0 Å². The van der Waals surface area contributed by atoms with Gasteiger partial charge in [-0.25, -0.2) is 4.79 Å². The van der Waals surface area contributed by atoms with Gasteiger partial charge in [-0.3, -0.25) is 0 Å². The van der Waals surface area contributed by atoms with Gasteiger partial charge >= 0.3 is 6.03 Å². The normalized spacial score (nSPS) is 10.9. The van der Waals surface area contributed by atoms with E-state index in [1.54, 1.807) is 6.20 Å². The predicted molar refractivity (Wildman–Crippen MR) is 79.2 cm³/mol. The van der Waals surface area contributed by atoms with Crippen molar-refractivity contribution >= 4 is 28.0 Å². The molecule has 0 radical (unpaired) electrons. The van der Waals surface area contributed by atoms with Crippen molar-refractivity contribution in [3.05, 3.63) is 40.5 Å². The van der Waals surface area contributed by atoms with Crippen LogP contribution in [0.2, 0.25) is 0 Å². The molecule has 18 heavy (non-hydrogen) atoms. The zero-order valence-corrected chi connectivity index (χ0v) is 12.3. The number of hydrogen-bond acceptors (Lipinski definition) is 1. The van der Waals surface area contributed by atoms with E-state index in [0.29, 0.717) is 12.5 Å². The van der Waals surface area contributed by atoms with Gasteiger partial charge in [0.1, 0.15) is 0 Å². The topological polar surface area (TPSA) is 41.1 Å². The molecule has 98 valence electrons. The second-order valence-electron chi connectivity index (χ2n) is 4.44. The molecular formula is C14H19BrN2O. The number of nitrogens with one attached hydrogen (secondary N) is 2. The lowest BCUT2D eigenvalue weighted by Gasteiger charge is -2.06. The number of halogens is 1. The molecular weight excluding hydrogens is 292 g/mol. The highest BCUT2D eigenvalue weighted by Gasteiger charge is 1.98. The molecule has 0 spiro atoms. The molecule has 0 aliphatic rings. The maximum absolute atomic E-state index is 11.4. The van der Waals surface area contributed by atoms with E-state index in [2.05, 4.69) is 40.4 Å². The van der Waals surface area contributed by atoms with Crippen LogP contribution < -0.4 is 10.6 Å². The van der Waals surface area contributed by atoms with Crippen molar-refractivity contribution in [2.45, 2.75) is 20.3 Å². The van der Waals surface area contributed by atoms with Crippen LogP contribution in [0.15, 0.2) is 34.9 Å². The van der Waals surface area contributed by atoms with Crippen molar-refractivity contribution in [2.75, 3.05) is 6.54 Å². The first-order valence-electron chi connectivity index (χ1n) is 6.05. The third-order valence-electron chi connectivity index (χ3n) is 2.39. The molecule has 0 fully saturated rings. The molecule has 2 amide bonds. The van der Waals surface area contributed by atoms with Crippen molar-refractivity contribution in [3.63, 3.8) is 0 Å². The SMILES string of the molecule is CC(C)CCNC(=O)N/C=C/c1ccccc1Br. The zero-order valence-electron chi connectivity index (χ0n) is 10.7. The van der Waals surface area contributed by atoms with Gasteiger partial charge in [0, 0.05) is 17.2 Å². The summed E-state index contributed by atoms with van der Waals surface area (Å²) < 4.78 is 1.00. The molecule has 0 heterocycles. The van der Waals surface area contributed by atoms with Gasteiger partial charge in [-0.1, -0.05) is 48.0 Å². The molecule has 0 aromatic heterocycles. The summed E-state index contributed by atoms with van der Waals surface area (Å²) in [6.45, 7) is 4.96. The lowest BCUT2D eigenvalue weighted by molar-refractivity contribution is 0.243. The molecule has 0 bridgehead atoms. The molecule has 1 rings (SSSR count). The van der Waals surface area contributed by atoms with Crippen molar-refractivity contribution in [1.29, 1.82) is 0 Å². The van der Waals surface area contributed by atoms with E-state index in [9.17, 15) is 4.79 Å². The third kappa shape index (κ3) is 5.87. The molecule has 0 aliphatic heterocycles. The van der Waals surface area contributed by atoms with Crippen LogP contribution in [0.3, 0.4) is 0 Å². The molecule has 0 aliphatic carbocycles. The summed E-state index contributed by atoms with van der Waals surface area (Å²) in [7, 11) is 0. The summed E-state index contributed by atoms with van der Waals surface area (Å²) in [5.41, 5.74) is 1.03. The number of carbonyl (C=O) groups excluding carboxylic acids is 1. The third-order valence-corrected chi connectivity index (χ3v) is 3.11. The van der Waals surface area contributed by atoms with Crippen LogP contribution in [-0.4, -0.2) is 12.6 Å². The monoisotopic (exact) mass is 310 g/mol.